The van der Waals surface area contributed by atoms with Gasteiger partial charge in [0.1, 0.15) is 6.04 Å². The summed E-state index contributed by atoms with van der Waals surface area (Å²) in [4.78, 5) is 2.15. The summed E-state index contributed by atoms with van der Waals surface area (Å²) < 4.78 is 10.0. The molecule has 88 valence electrons. The smallest absolute Gasteiger partial charge is 0.108 e. The number of ether oxygens (including phenoxy) is 2. The van der Waals surface area contributed by atoms with Crippen LogP contribution >= 0.6 is 0 Å². The third-order valence-corrected chi connectivity index (χ3v) is 2.17. The molecule has 0 radical (unpaired) electrons. The van der Waals surface area contributed by atoms with Gasteiger partial charge in [-0.3, -0.25) is 4.90 Å². The van der Waals surface area contributed by atoms with E-state index in [9.17, 15) is 0 Å². The average Bonchev–Trinajstić information content (AvgIpc) is 2.28. The van der Waals surface area contributed by atoms with E-state index in [2.05, 4.69) is 16.3 Å². The molecule has 0 aromatic heterocycles. The Labute approximate surface area is 92.0 Å². The second kappa shape index (κ2) is 9.87. The van der Waals surface area contributed by atoms with E-state index in [0.29, 0.717) is 19.8 Å². The Kier molecular flexibility index (Phi) is 9.43. The van der Waals surface area contributed by atoms with Crippen molar-refractivity contribution in [2.45, 2.75) is 6.04 Å². The van der Waals surface area contributed by atoms with Crippen molar-refractivity contribution in [3.8, 4) is 6.07 Å². The summed E-state index contributed by atoms with van der Waals surface area (Å²) in [5, 5.41) is 11.8. The average molecular weight is 215 g/mol. The van der Waals surface area contributed by atoms with Gasteiger partial charge in [-0.15, -0.1) is 0 Å². The zero-order chi connectivity index (χ0) is 11.5. The maximum Gasteiger partial charge on any atom is 0.108 e. The van der Waals surface area contributed by atoms with Crippen LogP contribution in [0.2, 0.25) is 0 Å². The summed E-state index contributed by atoms with van der Waals surface area (Å²) in [6.07, 6.45) is 0. The molecule has 5 nitrogen and oxygen atoms in total. The fraction of sp³-hybridized carbons (Fsp3) is 0.900. The number of rotatable bonds is 9. The van der Waals surface area contributed by atoms with Gasteiger partial charge < -0.3 is 14.8 Å². The van der Waals surface area contributed by atoms with Crippen molar-refractivity contribution >= 4 is 0 Å². The van der Waals surface area contributed by atoms with Crippen LogP contribution in [-0.2, 0) is 9.47 Å². The van der Waals surface area contributed by atoms with E-state index in [0.717, 1.165) is 13.1 Å². The molecule has 0 bridgehead atoms. The van der Waals surface area contributed by atoms with Crippen molar-refractivity contribution in [1.82, 2.24) is 10.2 Å². The van der Waals surface area contributed by atoms with Gasteiger partial charge >= 0.3 is 0 Å². The summed E-state index contributed by atoms with van der Waals surface area (Å²) in [5.74, 6) is 0. The molecule has 0 aromatic rings. The maximum absolute atomic E-state index is 8.82. The van der Waals surface area contributed by atoms with Crippen LogP contribution in [0.25, 0.3) is 0 Å². The Morgan fingerprint density at radius 3 is 2.13 bits per heavy atom. The van der Waals surface area contributed by atoms with Crippen molar-refractivity contribution in [3.63, 3.8) is 0 Å². The number of nitrogens with zero attached hydrogens (tertiary/aromatic N) is 2. The molecule has 15 heavy (non-hydrogen) atoms. The fourth-order valence-corrected chi connectivity index (χ4v) is 1.19. The summed E-state index contributed by atoms with van der Waals surface area (Å²) >= 11 is 0. The SMILES string of the molecule is CNC(C#N)CN(CCOC)CCOC. The van der Waals surface area contributed by atoms with Crippen LogP contribution in [0.1, 0.15) is 0 Å². The molecule has 0 aliphatic rings. The lowest BCUT2D eigenvalue weighted by molar-refractivity contribution is 0.111. The highest BCUT2D eigenvalue weighted by Crippen LogP contribution is 1.92. The molecular weight excluding hydrogens is 194 g/mol. The van der Waals surface area contributed by atoms with E-state index in [1.165, 1.54) is 0 Å². The maximum atomic E-state index is 8.82. The number of likely N-dealkylation sites (N-methyl/N-ethyl adjacent to an activating group) is 1. The lowest BCUT2D eigenvalue weighted by Crippen LogP contribution is -2.41. The van der Waals surface area contributed by atoms with Crippen LogP contribution in [0.4, 0.5) is 0 Å². The highest BCUT2D eigenvalue weighted by Gasteiger charge is 2.11. The minimum Gasteiger partial charge on any atom is -0.383 e. The lowest BCUT2D eigenvalue weighted by atomic mass is 10.3. The molecule has 0 saturated carbocycles. The van der Waals surface area contributed by atoms with Gasteiger partial charge in [-0.2, -0.15) is 5.26 Å². The molecule has 0 saturated heterocycles. The number of hydrogen-bond donors (Lipinski definition) is 1. The van der Waals surface area contributed by atoms with Gasteiger partial charge in [-0.05, 0) is 7.05 Å². The Morgan fingerprint density at radius 1 is 1.27 bits per heavy atom. The molecule has 0 amide bonds. The third kappa shape index (κ3) is 7.28. The molecule has 0 fully saturated rings. The van der Waals surface area contributed by atoms with Gasteiger partial charge in [0.2, 0.25) is 0 Å². The molecule has 5 heteroatoms. The molecule has 0 aliphatic carbocycles. The molecule has 1 atom stereocenters. The minimum atomic E-state index is -0.140. The van der Waals surface area contributed by atoms with Gasteiger partial charge in [0.05, 0.1) is 19.3 Å². The number of hydrogen-bond acceptors (Lipinski definition) is 5. The van der Waals surface area contributed by atoms with E-state index < -0.39 is 0 Å². The number of methoxy groups -OCH3 is 2. The normalized spacial score (nSPS) is 12.7. The quantitative estimate of drug-likeness (QED) is 0.572. The Hall–Kier alpha value is -0.670. The Balaban J connectivity index is 3.92. The fourth-order valence-electron chi connectivity index (χ4n) is 1.19. The van der Waals surface area contributed by atoms with Crippen LogP contribution < -0.4 is 5.32 Å². The summed E-state index contributed by atoms with van der Waals surface area (Å²) in [7, 11) is 5.14. The first-order chi connectivity index (χ1) is 7.28. The molecule has 0 aliphatic heterocycles. The van der Waals surface area contributed by atoms with E-state index in [-0.39, 0.29) is 6.04 Å². The number of nitrogens with one attached hydrogen (secondary N) is 1. The summed E-state index contributed by atoms with van der Waals surface area (Å²) in [5.41, 5.74) is 0. The monoisotopic (exact) mass is 215 g/mol. The number of nitriles is 1. The molecular formula is C10H21N3O2. The van der Waals surface area contributed by atoms with E-state index in [4.69, 9.17) is 14.7 Å². The zero-order valence-electron chi connectivity index (χ0n) is 9.82. The van der Waals surface area contributed by atoms with Gasteiger partial charge in [0.15, 0.2) is 0 Å². The summed E-state index contributed by atoms with van der Waals surface area (Å²) in [6, 6.07) is 2.06. The molecule has 1 unspecified atom stereocenters. The molecule has 0 rings (SSSR count). The van der Waals surface area contributed by atoms with Crippen LogP contribution in [0.3, 0.4) is 0 Å². The van der Waals surface area contributed by atoms with Crippen molar-refractivity contribution in [2.24, 2.45) is 0 Å². The second-order valence-electron chi connectivity index (χ2n) is 3.26. The third-order valence-electron chi connectivity index (χ3n) is 2.17. The molecule has 0 aromatic carbocycles. The zero-order valence-corrected chi connectivity index (χ0v) is 9.82. The van der Waals surface area contributed by atoms with Crippen molar-refractivity contribution in [2.75, 3.05) is 54.1 Å². The van der Waals surface area contributed by atoms with Crippen molar-refractivity contribution in [3.05, 3.63) is 0 Å². The first-order valence-corrected chi connectivity index (χ1v) is 5.05. The molecule has 0 spiro atoms. The predicted octanol–water partition coefficient (Wildman–Crippen LogP) is -0.307. The topological polar surface area (TPSA) is 57.5 Å². The highest BCUT2D eigenvalue weighted by atomic mass is 16.5. The molecule has 1 N–H and O–H groups in total. The first kappa shape index (κ1) is 14.3. The van der Waals surface area contributed by atoms with E-state index in [1.807, 2.05) is 0 Å². The Morgan fingerprint density at radius 2 is 1.80 bits per heavy atom. The lowest BCUT2D eigenvalue weighted by Gasteiger charge is -2.23. The van der Waals surface area contributed by atoms with Crippen LogP contribution in [-0.4, -0.2) is 65.1 Å². The van der Waals surface area contributed by atoms with Gasteiger partial charge in [0, 0.05) is 33.9 Å². The second-order valence-corrected chi connectivity index (χ2v) is 3.26. The standard InChI is InChI=1S/C10H21N3O2/c1-12-10(8-11)9-13(4-6-14-2)5-7-15-3/h10,12H,4-7,9H2,1-3H3. The molecule has 0 heterocycles. The summed E-state index contributed by atoms with van der Waals surface area (Å²) in [6.45, 7) is 3.68. The van der Waals surface area contributed by atoms with Gasteiger partial charge in [-0.25, -0.2) is 0 Å². The van der Waals surface area contributed by atoms with Gasteiger partial charge in [0.25, 0.3) is 0 Å². The van der Waals surface area contributed by atoms with Crippen LogP contribution in [0.5, 0.6) is 0 Å². The van der Waals surface area contributed by atoms with Gasteiger partial charge in [-0.1, -0.05) is 0 Å². The minimum absolute atomic E-state index is 0.140. The van der Waals surface area contributed by atoms with E-state index >= 15 is 0 Å². The van der Waals surface area contributed by atoms with Crippen LogP contribution in [0.15, 0.2) is 0 Å². The van der Waals surface area contributed by atoms with Crippen molar-refractivity contribution < 1.29 is 9.47 Å². The highest BCUT2D eigenvalue weighted by molar-refractivity contribution is 4.90. The van der Waals surface area contributed by atoms with Crippen LogP contribution in [0, 0.1) is 11.3 Å². The Bertz CT molecular complexity index is 174. The van der Waals surface area contributed by atoms with E-state index in [1.54, 1.807) is 21.3 Å². The van der Waals surface area contributed by atoms with Crippen molar-refractivity contribution in [1.29, 1.82) is 5.26 Å². The predicted molar refractivity (Wildman–Crippen MR) is 58.7 cm³/mol. The first-order valence-electron chi connectivity index (χ1n) is 5.05. The largest absolute Gasteiger partial charge is 0.383 e.